The van der Waals surface area contributed by atoms with E-state index in [1.54, 1.807) is 6.07 Å². The summed E-state index contributed by atoms with van der Waals surface area (Å²) in [6.45, 7) is 1.77. The maximum atomic E-state index is 13.1. The number of nitrogens with zero attached hydrogens (tertiary/aromatic N) is 1. The van der Waals surface area contributed by atoms with Gasteiger partial charge in [-0.2, -0.15) is 5.10 Å². The van der Waals surface area contributed by atoms with Gasteiger partial charge in [-0.1, -0.05) is 12.1 Å². The highest BCUT2D eigenvalue weighted by Gasteiger charge is 2.17. The van der Waals surface area contributed by atoms with E-state index in [1.165, 1.54) is 17.7 Å². The number of hydrogen-bond donors (Lipinski definition) is 2. The minimum Gasteiger partial charge on any atom is -0.311 e. The van der Waals surface area contributed by atoms with Gasteiger partial charge in [-0.05, 0) is 25.1 Å². The zero-order chi connectivity index (χ0) is 11.0. The smallest absolute Gasteiger partial charge is 0.123 e. The number of benzene rings is 1. The van der Waals surface area contributed by atoms with E-state index in [2.05, 4.69) is 15.5 Å². The summed E-state index contributed by atoms with van der Waals surface area (Å²) >= 11 is 0. The van der Waals surface area contributed by atoms with Gasteiger partial charge in [0.2, 0.25) is 0 Å². The van der Waals surface area contributed by atoms with Crippen molar-refractivity contribution in [2.75, 3.05) is 6.54 Å². The van der Waals surface area contributed by atoms with E-state index in [4.69, 9.17) is 0 Å². The topological polar surface area (TPSA) is 40.7 Å². The number of hydrogen-bond acceptors (Lipinski definition) is 2. The molecule has 1 aliphatic rings. The van der Waals surface area contributed by atoms with Gasteiger partial charge in [-0.15, -0.1) is 0 Å². The summed E-state index contributed by atoms with van der Waals surface area (Å²) in [4.78, 5) is 0. The summed E-state index contributed by atoms with van der Waals surface area (Å²) in [5.41, 5.74) is 4.06. The fraction of sp³-hybridized carbons (Fsp3) is 0.250. The first-order chi connectivity index (χ1) is 7.84. The summed E-state index contributed by atoms with van der Waals surface area (Å²) < 4.78 is 13.1. The number of H-pyrrole nitrogens is 1. The molecule has 0 bridgehead atoms. The molecule has 2 heterocycles. The second kappa shape index (κ2) is 3.72. The minimum atomic E-state index is -0.219. The Balaban J connectivity index is 2.09. The molecule has 0 unspecified atom stereocenters. The molecule has 3 nitrogen and oxygen atoms in total. The lowest BCUT2D eigenvalue weighted by Gasteiger charge is -2.12. The molecule has 0 saturated heterocycles. The highest BCUT2D eigenvalue weighted by Crippen LogP contribution is 2.26. The Morgan fingerprint density at radius 2 is 2.25 bits per heavy atom. The van der Waals surface area contributed by atoms with Crippen LogP contribution in [-0.2, 0) is 13.0 Å². The van der Waals surface area contributed by atoms with Crippen molar-refractivity contribution >= 4 is 0 Å². The maximum absolute atomic E-state index is 13.1. The van der Waals surface area contributed by atoms with Gasteiger partial charge in [-0.25, -0.2) is 4.39 Å². The van der Waals surface area contributed by atoms with Gasteiger partial charge in [0.25, 0.3) is 0 Å². The number of fused-ring (bicyclic) bond motifs is 1. The monoisotopic (exact) mass is 217 g/mol. The van der Waals surface area contributed by atoms with Gasteiger partial charge in [0.05, 0.1) is 11.4 Å². The Morgan fingerprint density at radius 3 is 3.12 bits per heavy atom. The van der Waals surface area contributed by atoms with Crippen LogP contribution in [0.15, 0.2) is 24.3 Å². The summed E-state index contributed by atoms with van der Waals surface area (Å²) in [6.07, 6.45) is 0.942. The average molecular weight is 217 g/mol. The maximum Gasteiger partial charge on any atom is 0.123 e. The molecule has 0 atom stereocenters. The van der Waals surface area contributed by atoms with Gasteiger partial charge >= 0.3 is 0 Å². The number of rotatable bonds is 1. The van der Waals surface area contributed by atoms with Crippen molar-refractivity contribution in [3.05, 3.63) is 41.3 Å². The molecule has 2 N–H and O–H groups in total. The summed E-state index contributed by atoms with van der Waals surface area (Å²) in [5, 5.41) is 10.6. The van der Waals surface area contributed by atoms with E-state index in [9.17, 15) is 4.39 Å². The van der Waals surface area contributed by atoms with Crippen LogP contribution in [0.25, 0.3) is 11.3 Å². The summed E-state index contributed by atoms with van der Waals surface area (Å²) in [7, 11) is 0. The standard InChI is InChI=1S/C12H12FN3/c13-9-3-1-2-8(6-9)12-10-4-5-14-7-11(10)15-16-12/h1-3,6,14H,4-5,7H2,(H,15,16). The van der Waals surface area contributed by atoms with Crippen LogP contribution in [0.2, 0.25) is 0 Å². The molecular weight excluding hydrogens is 205 g/mol. The zero-order valence-corrected chi connectivity index (χ0v) is 8.76. The van der Waals surface area contributed by atoms with E-state index < -0.39 is 0 Å². The third kappa shape index (κ3) is 1.51. The molecule has 0 saturated carbocycles. The van der Waals surface area contributed by atoms with Gasteiger partial charge in [0.1, 0.15) is 5.82 Å². The van der Waals surface area contributed by atoms with Crippen molar-refractivity contribution < 1.29 is 4.39 Å². The predicted molar refractivity (Wildman–Crippen MR) is 59.4 cm³/mol. The summed E-state index contributed by atoms with van der Waals surface area (Å²) in [5.74, 6) is -0.219. The molecule has 2 aromatic rings. The highest BCUT2D eigenvalue weighted by molar-refractivity contribution is 5.64. The average Bonchev–Trinajstić information content (AvgIpc) is 2.72. The number of nitrogens with one attached hydrogen (secondary N) is 2. The molecule has 82 valence electrons. The third-order valence-electron chi connectivity index (χ3n) is 2.90. The molecule has 0 amide bonds. The Kier molecular flexibility index (Phi) is 2.22. The predicted octanol–water partition coefficient (Wildman–Crippen LogP) is 1.86. The highest BCUT2D eigenvalue weighted by atomic mass is 19.1. The Bertz CT molecular complexity index is 519. The number of halogens is 1. The Morgan fingerprint density at radius 1 is 1.31 bits per heavy atom. The minimum absolute atomic E-state index is 0.219. The Hall–Kier alpha value is -1.68. The van der Waals surface area contributed by atoms with Crippen LogP contribution in [0.3, 0.4) is 0 Å². The molecule has 1 aromatic carbocycles. The van der Waals surface area contributed by atoms with Gasteiger partial charge in [-0.3, -0.25) is 5.10 Å². The van der Waals surface area contributed by atoms with Crippen LogP contribution in [0.5, 0.6) is 0 Å². The van der Waals surface area contributed by atoms with Gasteiger partial charge < -0.3 is 5.32 Å². The van der Waals surface area contributed by atoms with Crippen molar-refractivity contribution in [2.45, 2.75) is 13.0 Å². The van der Waals surface area contributed by atoms with Crippen LogP contribution in [-0.4, -0.2) is 16.7 Å². The molecule has 0 spiro atoms. The largest absolute Gasteiger partial charge is 0.311 e. The molecular formula is C12H12FN3. The summed E-state index contributed by atoms with van der Waals surface area (Å²) in [6, 6.07) is 6.58. The van der Waals surface area contributed by atoms with Crippen LogP contribution >= 0.6 is 0 Å². The SMILES string of the molecule is Fc1cccc(-c2n[nH]c3c2CCNC3)c1. The van der Waals surface area contributed by atoms with Gasteiger partial charge in [0.15, 0.2) is 0 Å². The lowest BCUT2D eigenvalue weighted by atomic mass is 10.0. The van der Waals surface area contributed by atoms with Crippen molar-refractivity contribution in [3.8, 4) is 11.3 Å². The van der Waals surface area contributed by atoms with Gasteiger partial charge in [0, 0.05) is 17.7 Å². The van der Waals surface area contributed by atoms with Crippen molar-refractivity contribution in [2.24, 2.45) is 0 Å². The van der Waals surface area contributed by atoms with Crippen LogP contribution in [0, 0.1) is 5.82 Å². The van der Waals surface area contributed by atoms with E-state index in [1.807, 2.05) is 6.07 Å². The third-order valence-corrected chi connectivity index (χ3v) is 2.90. The molecule has 4 heteroatoms. The molecule has 16 heavy (non-hydrogen) atoms. The zero-order valence-electron chi connectivity index (χ0n) is 8.76. The molecule has 0 fully saturated rings. The van der Waals surface area contributed by atoms with Crippen LogP contribution in [0.1, 0.15) is 11.3 Å². The lowest BCUT2D eigenvalue weighted by Crippen LogP contribution is -2.23. The number of aromatic amines is 1. The molecule has 0 radical (unpaired) electrons. The van der Waals surface area contributed by atoms with E-state index in [0.717, 1.165) is 36.5 Å². The fourth-order valence-electron chi connectivity index (χ4n) is 2.12. The van der Waals surface area contributed by atoms with Crippen molar-refractivity contribution in [3.63, 3.8) is 0 Å². The van der Waals surface area contributed by atoms with E-state index >= 15 is 0 Å². The molecule has 1 aliphatic heterocycles. The van der Waals surface area contributed by atoms with E-state index in [0.29, 0.717) is 0 Å². The van der Waals surface area contributed by atoms with Crippen molar-refractivity contribution in [1.29, 1.82) is 0 Å². The second-order valence-electron chi connectivity index (χ2n) is 3.97. The van der Waals surface area contributed by atoms with Crippen LogP contribution < -0.4 is 5.32 Å². The molecule has 3 rings (SSSR count). The van der Waals surface area contributed by atoms with E-state index in [-0.39, 0.29) is 5.82 Å². The molecule has 0 aliphatic carbocycles. The lowest BCUT2D eigenvalue weighted by molar-refractivity contribution is 0.628. The molecule has 1 aromatic heterocycles. The fourth-order valence-corrected chi connectivity index (χ4v) is 2.12. The normalized spacial score (nSPS) is 14.8. The van der Waals surface area contributed by atoms with Crippen molar-refractivity contribution in [1.82, 2.24) is 15.5 Å². The van der Waals surface area contributed by atoms with Crippen LogP contribution in [0.4, 0.5) is 4.39 Å². The first kappa shape index (κ1) is 9.54. The Labute approximate surface area is 92.7 Å². The number of aromatic nitrogens is 2. The quantitative estimate of drug-likeness (QED) is 0.765. The second-order valence-corrected chi connectivity index (χ2v) is 3.97. The first-order valence-corrected chi connectivity index (χ1v) is 5.37. The first-order valence-electron chi connectivity index (χ1n) is 5.37.